The summed E-state index contributed by atoms with van der Waals surface area (Å²) in [7, 11) is -3.75. The van der Waals surface area contributed by atoms with Crippen LogP contribution in [0.2, 0.25) is 0 Å². The van der Waals surface area contributed by atoms with E-state index in [0.717, 1.165) is 0 Å². The molecule has 4 rings (SSSR count). The van der Waals surface area contributed by atoms with Crippen LogP contribution in [-0.4, -0.2) is 12.3 Å². The lowest BCUT2D eigenvalue weighted by Gasteiger charge is -2.19. The summed E-state index contributed by atoms with van der Waals surface area (Å²) in [6.45, 7) is 6.58. The maximum Gasteiger partial charge on any atom is 0.864 e. The van der Waals surface area contributed by atoms with E-state index in [0.29, 0.717) is 0 Å². The fourth-order valence-corrected chi connectivity index (χ4v) is 3.22. The maximum absolute atomic E-state index is 13.9. The third-order valence-electron chi connectivity index (χ3n) is 5.56. The third kappa shape index (κ3) is 6.79. The Bertz CT molecular complexity index is 1520. The molecule has 1 N–H and O–H groups in total. The fourth-order valence-electron chi connectivity index (χ4n) is 3.22. The predicted octanol–water partition coefficient (Wildman–Crippen LogP) is 8.61. The summed E-state index contributed by atoms with van der Waals surface area (Å²) in [5.74, 6) is -50.0. The summed E-state index contributed by atoms with van der Waals surface area (Å²) in [5, 5.41) is 0. The molecule has 0 atom stereocenters. The van der Waals surface area contributed by atoms with Crippen molar-refractivity contribution in [3.05, 3.63) is 111 Å². The average Bonchev–Trinajstić information content (AvgIpc) is 3.58. The summed E-state index contributed by atoms with van der Waals surface area (Å²) in [6.07, 6.45) is 1.96. The van der Waals surface area contributed by atoms with Crippen LogP contribution in [0.5, 0.6) is 17.2 Å². The number of halogens is 15. The van der Waals surface area contributed by atoms with Gasteiger partial charge in [-0.2, -0.15) is 26.3 Å². The molecule has 1 aromatic heterocycles. The molecular formula is C26H13BF15NO3. The lowest BCUT2D eigenvalue weighted by Crippen LogP contribution is -2.39. The maximum atomic E-state index is 13.9. The highest BCUT2D eigenvalue weighted by Crippen LogP contribution is 2.35. The quantitative estimate of drug-likeness (QED) is 0.0959. The second kappa shape index (κ2) is 13.4. The second-order valence-electron chi connectivity index (χ2n) is 9.67. The molecular weight excluding hydrogens is 670 g/mol. The van der Waals surface area contributed by atoms with Gasteiger partial charge in [0.2, 0.25) is 87.3 Å². The predicted molar refractivity (Wildman–Crippen MR) is 126 cm³/mol. The Morgan fingerprint density at radius 1 is 0.435 bits per heavy atom. The normalized spacial score (nSPS) is 11.3. The molecule has 4 nitrogen and oxygen atoms in total. The number of aromatic amines is 1. The van der Waals surface area contributed by atoms with Crippen molar-refractivity contribution in [2.24, 2.45) is 0 Å². The zero-order valence-corrected chi connectivity index (χ0v) is 22.7. The first kappa shape index (κ1) is 35.8. The van der Waals surface area contributed by atoms with Crippen LogP contribution in [0.15, 0.2) is 18.3 Å². The molecule has 0 aliphatic heterocycles. The second-order valence-corrected chi connectivity index (χ2v) is 9.67. The minimum absolute atomic E-state index is 0.267. The first-order valence-electron chi connectivity index (χ1n) is 11.9. The zero-order chi connectivity index (χ0) is 35.0. The topological polar surface area (TPSA) is 43.5 Å². The van der Waals surface area contributed by atoms with Crippen LogP contribution >= 0.6 is 0 Å². The van der Waals surface area contributed by atoms with Crippen LogP contribution in [0.25, 0.3) is 0 Å². The Balaban J connectivity index is 0.000000549. The van der Waals surface area contributed by atoms with Gasteiger partial charge in [0, 0.05) is 17.3 Å². The molecule has 0 fully saturated rings. The van der Waals surface area contributed by atoms with E-state index in [4.69, 9.17) is 0 Å². The molecule has 0 amide bonds. The Labute approximate surface area is 247 Å². The van der Waals surface area contributed by atoms with Gasteiger partial charge in [-0.15, -0.1) is 0 Å². The van der Waals surface area contributed by atoms with Crippen molar-refractivity contribution in [2.75, 3.05) is 0 Å². The van der Waals surface area contributed by atoms with Crippen molar-refractivity contribution >= 4 is 7.32 Å². The number of nitrogens with one attached hydrogen (secondary N) is 1. The molecule has 46 heavy (non-hydrogen) atoms. The minimum atomic E-state index is -3.75. The highest BCUT2D eigenvalue weighted by Gasteiger charge is 2.42. The van der Waals surface area contributed by atoms with Gasteiger partial charge in [0.25, 0.3) is 0 Å². The summed E-state index contributed by atoms with van der Waals surface area (Å²) in [5.41, 5.74) is 1.56. The number of hydrogen-bond donors (Lipinski definition) is 1. The molecule has 3 aromatic carbocycles. The van der Waals surface area contributed by atoms with Gasteiger partial charge in [-0.05, 0) is 12.1 Å². The smallest absolute Gasteiger partial charge is 0.484 e. The molecule has 0 saturated carbocycles. The summed E-state index contributed by atoms with van der Waals surface area (Å²) < 4.78 is 216. The summed E-state index contributed by atoms with van der Waals surface area (Å²) in [6, 6.07) is 4.14. The van der Waals surface area contributed by atoms with Crippen LogP contribution in [0, 0.1) is 87.3 Å². The Kier molecular flexibility index (Phi) is 10.4. The summed E-state index contributed by atoms with van der Waals surface area (Å²) >= 11 is 0. The third-order valence-corrected chi connectivity index (χ3v) is 5.56. The van der Waals surface area contributed by atoms with Crippen LogP contribution in [0.1, 0.15) is 26.5 Å². The van der Waals surface area contributed by atoms with Gasteiger partial charge in [0.15, 0.2) is 17.2 Å². The largest absolute Gasteiger partial charge is 0.864 e. The Hall–Kier alpha value is -4.65. The van der Waals surface area contributed by atoms with Gasteiger partial charge in [0.1, 0.15) is 0 Å². The van der Waals surface area contributed by atoms with Crippen LogP contribution in [0.4, 0.5) is 65.9 Å². The van der Waals surface area contributed by atoms with Crippen LogP contribution in [-0.2, 0) is 5.41 Å². The molecule has 0 radical (unpaired) electrons. The van der Waals surface area contributed by atoms with Gasteiger partial charge in [-0.25, -0.2) is 39.5 Å². The fraction of sp³-hybridized carbons (Fsp3) is 0.154. The van der Waals surface area contributed by atoms with Crippen molar-refractivity contribution in [1.29, 1.82) is 0 Å². The highest BCUT2D eigenvalue weighted by atomic mass is 19.2. The monoisotopic (exact) mass is 683 g/mol. The lowest BCUT2D eigenvalue weighted by atomic mass is 9.93. The molecule has 248 valence electrons. The molecule has 0 bridgehead atoms. The van der Waals surface area contributed by atoms with Crippen molar-refractivity contribution in [3.8, 4) is 17.2 Å². The van der Waals surface area contributed by atoms with E-state index in [1.165, 1.54) is 5.69 Å². The van der Waals surface area contributed by atoms with E-state index < -0.39 is 112 Å². The van der Waals surface area contributed by atoms with Crippen LogP contribution in [0.3, 0.4) is 0 Å². The van der Waals surface area contributed by atoms with Gasteiger partial charge >= 0.3 is 7.32 Å². The molecule has 4 aromatic rings. The van der Waals surface area contributed by atoms with E-state index in [-0.39, 0.29) is 5.41 Å². The van der Waals surface area contributed by atoms with Crippen LogP contribution < -0.4 is 14.0 Å². The Morgan fingerprint density at radius 2 is 0.674 bits per heavy atom. The number of rotatable bonds is 6. The van der Waals surface area contributed by atoms with E-state index >= 15 is 0 Å². The molecule has 0 aliphatic carbocycles. The first-order chi connectivity index (χ1) is 21.2. The molecule has 0 aliphatic rings. The van der Waals surface area contributed by atoms with Gasteiger partial charge in [0.05, 0.1) is 0 Å². The van der Waals surface area contributed by atoms with Gasteiger partial charge in [-0.3, -0.25) is 0 Å². The first-order valence-corrected chi connectivity index (χ1v) is 11.9. The number of H-pyrrole nitrogens is 1. The molecule has 1 heterocycles. The number of benzene rings is 3. The molecule has 0 spiro atoms. The van der Waals surface area contributed by atoms with E-state index in [1.807, 2.05) is 12.3 Å². The Morgan fingerprint density at radius 3 is 0.848 bits per heavy atom. The van der Waals surface area contributed by atoms with Crippen molar-refractivity contribution in [2.45, 2.75) is 26.2 Å². The van der Waals surface area contributed by atoms with Gasteiger partial charge in [-0.1, -0.05) is 20.8 Å². The van der Waals surface area contributed by atoms with E-state index in [1.54, 1.807) is 0 Å². The number of aromatic nitrogens is 1. The molecule has 20 heteroatoms. The highest BCUT2D eigenvalue weighted by molar-refractivity contribution is 6.39. The van der Waals surface area contributed by atoms with Crippen molar-refractivity contribution < 1.29 is 79.8 Å². The summed E-state index contributed by atoms with van der Waals surface area (Å²) in [4.78, 5) is 3.18. The minimum Gasteiger partial charge on any atom is -0.484 e. The van der Waals surface area contributed by atoms with E-state index in [2.05, 4.69) is 45.8 Å². The van der Waals surface area contributed by atoms with Crippen molar-refractivity contribution in [1.82, 2.24) is 4.98 Å². The molecule has 0 unspecified atom stereocenters. The lowest BCUT2D eigenvalue weighted by molar-refractivity contribution is 0.247. The van der Waals surface area contributed by atoms with Gasteiger partial charge < -0.3 is 18.9 Å². The SMILES string of the molecule is CC(C)(C)c1ccc[nH]1.Fc1c(F)c(F)c(OB(Oc2c(F)c(F)c(F)c(F)c2F)Oc2c(F)c(F)c(F)c(F)c2F)c(F)c1F. The van der Waals surface area contributed by atoms with E-state index in [9.17, 15) is 65.9 Å². The standard InChI is InChI=1S/C18BF15O3.C8H13N/c20-1-4(23)10(29)16(11(30)5(1)24)35-19(36-17-12(31)6(25)2(21)7(26)13(17)32)37-18-14(33)8(27)3(22)9(28)15(18)34;1-8(2,3)7-5-4-6-9-7/h;4-6,9H,1-3H3. The number of hydrogen-bond acceptors (Lipinski definition) is 3. The van der Waals surface area contributed by atoms with Crippen molar-refractivity contribution in [3.63, 3.8) is 0 Å². The molecule has 0 saturated heterocycles. The average molecular weight is 683 g/mol. The zero-order valence-electron chi connectivity index (χ0n) is 22.7.